The first-order chi connectivity index (χ1) is 17.5. The average molecular weight is 481 g/mol. The molecule has 1 aliphatic heterocycles. The van der Waals surface area contributed by atoms with E-state index in [4.69, 9.17) is 4.42 Å². The van der Waals surface area contributed by atoms with Gasteiger partial charge in [0.2, 0.25) is 0 Å². The van der Waals surface area contributed by atoms with Crippen LogP contribution in [0.25, 0.3) is 6.08 Å². The van der Waals surface area contributed by atoms with E-state index < -0.39 is 5.82 Å². The van der Waals surface area contributed by atoms with Gasteiger partial charge in [-0.3, -0.25) is 9.59 Å². The van der Waals surface area contributed by atoms with E-state index >= 15 is 0 Å². The second-order valence-corrected chi connectivity index (χ2v) is 8.73. The van der Waals surface area contributed by atoms with Crippen LogP contribution in [0.5, 0.6) is 0 Å². The molecule has 2 heterocycles. The molecule has 2 atom stereocenters. The standard InChI is InChI=1S/C30H25FN2O3/c1-21-20-28(33(24-8-3-2-4-9-24)30(35)22-13-15-23(31)16-14-22)26-11-5-6-12-27(26)32(21)29(34)18-17-25-10-7-19-36-25/h2-19,21,28H,20H2,1H3. The van der Waals surface area contributed by atoms with Crippen molar-refractivity contribution in [2.24, 2.45) is 0 Å². The highest BCUT2D eigenvalue weighted by atomic mass is 19.1. The Morgan fingerprint density at radius 3 is 2.39 bits per heavy atom. The Morgan fingerprint density at radius 2 is 1.67 bits per heavy atom. The molecule has 0 bridgehead atoms. The number of fused-ring (bicyclic) bond motifs is 1. The molecular weight excluding hydrogens is 455 g/mol. The van der Waals surface area contributed by atoms with Crippen molar-refractivity contribution >= 4 is 29.3 Å². The fourth-order valence-electron chi connectivity index (χ4n) is 4.74. The van der Waals surface area contributed by atoms with E-state index in [1.165, 1.54) is 30.3 Å². The number of hydrogen-bond donors (Lipinski definition) is 0. The van der Waals surface area contributed by atoms with Gasteiger partial charge in [-0.05, 0) is 79.6 Å². The van der Waals surface area contributed by atoms with Gasteiger partial charge in [0.05, 0.1) is 12.3 Å². The van der Waals surface area contributed by atoms with Crippen LogP contribution in [0.2, 0.25) is 0 Å². The molecule has 0 fully saturated rings. The van der Waals surface area contributed by atoms with Crippen LogP contribution in [0.1, 0.15) is 41.1 Å². The first kappa shape index (κ1) is 23.3. The zero-order valence-electron chi connectivity index (χ0n) is 19.8. The predicted octanol–water partition coefficient (Wildman–Crippen LogP) is 6.65. The third-order valence-electron chi connectivity index (χ3n) is 6.39. The summed E-state index contributed by atoms with van der Waals surface area (Å²) in [5, 5.41) is 0. The molecule has 0 aliphatic carbocycles. The number of carbonyl (C=O) groups is 2. The quantitative estimate of drug-likeness (QED) is 0.301. The maximum absolute atomic E-state index is 13.8. The summed E-state index contributed by atoms with van der Waals surface area (Å²) in [6, 6.07) is 25.7. The van der Waals surface area contributed by atoms with Crippen molar-refractivity contribution in [3.8, 4) is 0 Å². The topological polar surface area (TPSA) is 53.8 Å². The summed E-state index contributed by atoms with van der Waals surface area (Å²) in [5.41, 5.74) is 2.75. The molecule has 1 aliphatic rings. The summed E-state index contributed by atoms with van der Waals surface area (Å²) in [4.78, 5) is 30.6. The number of carbonyl (C=O) groups excluding carboxylic acids is 2. The van der Waals surface area contributed by atoms with Crippen molar-refractivity contribution < 1.29 is 18.4 Å². The second-order valence-electron chi connectivity index (χ2n) is 8.73. The van der Waals surface area contributed by atoms with Gasteiger partial charge < -0.3 is 14.2 Å². The fourth-order valence-corrected chi connectivity index (χ4v) is 4.74. The Bertz CT molecular complexity index is 1380. The molecular formula is C30H25FN2O3. The number of para-hydroxylation sites is 2. The summed E-state index contributed by atoms with van der Waals surface area (Å²) < 4.78 is 18.9. The van der Waals surface area contributed by atoms with Gasteiger partial charge in [0.1, 0.15) is 11.6 Å². The van der Waals surface area contributed by atoms with Crippen molar-refractivity contribution in [2.75, 3.05) is 9.80 Å². The van der Waals surface area contributed by atoms with Gasteiger partial charge in [-0.2, -0.15) is 0 Å². The minimum Gasteiger partial charge on any atom is -0.465 e. The molecule has 5 nitrogen and oxygen atoms in total. The van der Waals surface area contributed by atoms with E-state index in [0.29, 0.717) is 17.7 Å². The fraction of sp³-hybridized carbons (Fsp3) is 0.133. The number of nitrogens with zero attached hydrogens (tertiary/aromatic N) is 2. The number of furan rings is 1. The Labute approximate surface area is 209 Å². The molecule has 0 spiro atoms. The first-order valence-electron chi connectivity index (χ1n) is 11.8. The highest BCUT2D eigenvalue weighted by molar-refractivity contribution is 6.08. The van der Waals surface area contributed by atoms with Crippen LogP contribution in [0.3, 0.4) is 0 Å². The van der Waals surface area contributed by atoms with Crippen LogP contribution in [0, 0.1) is 5.82 Å². The monoisotopic (exact) mass is 480 g/mol. The largest absolute Gasteiger partial charge is 0.465 e. The van der Waals surface area contributed by atoms with Gasteiger partial charge in [-0.25, -0.2) is 4.39 Å². The van der Waals surface area contributed by atoms with Crippen LogP contribution in [-0.2, 0) is 4.79 Å². The van der Waals surface area contributed by atoms with E-state index in [2.05, 4.69) is 0 Å². The lowest BCUT2D eigenvalue weighted by Gasteiger charge is -2.43. The number of halogens is 1. The molecule has 36 heavy (non-hydrogen) atoms. The number of rotatable bonds is 5. The normalized spacial score (nSPS) is 17.1. The van der Waals surface area contributed by atoms with Crippen LogP contribution < -0.4 is 9.80 Å². The molecule has 2 unspecified atom stereocenters. The maximum Gasteiger partial charge on any atom is 0.258 e. The molecule has 0 N–H and O–H groups in total. The molecule has 1 aromatic heterocycles. The van der Waals surface area contributed by atoms with E-state index in [1.54, 1.807) is 34.3 Å². The summed E-state index contributed by atoms with van der Waals surface area (Å²) in [5.74, 6) is -0.197. The van der Waals surface area contributed by atoms with Crippen molar-refractivity contribution in [1.82, 2.24) is 0 Å². The van der Waals surface area contributed by atoms with Gasteiger partial charge in [-0.15, -0.1) is 0 Å². The average Bonchev–Trinajstić information content (AvgIpc) is 3.42. The minimum atomic E-state index is -0.397. The molecule has 180 valence electrons. The second kappa shape index (κ2) is 10.0. The third kappa shape index (κ3) is 4.58. The lowest BCUT2D eigenvalue weighted by molar-refractivity contribution is -0.114. The molecule has 0 radical (unpaired) electrons. The maximum atomic E-state index is 13.8. The van der Waals surface area contributed by atoms with Gasteiger partial charge in [-0.1, -0.05) is 36.4 Å². The van der Waals surface area contributed by atoms with E-state index in [-0.39, 0.29) is 23.9 Å². The highest BCUT2D eigenvalue weighted by Gasteiger charge is 2.38. The Balaban J connectivity index is 1.55. The van der Waals surface area contributed by atoms with E-state index in [0.717, 1.165) is 16.9 Å². The smallest absolute Gasteiger partial charge is 0.258 e. The van der Waals surface area contributed by atoms with Crippen LogP contribution in [-0.4, -0.2) is 17.9 Å². The molecule has 5 rings (SSSR count). The van der Waals surface area contributed by atoms with Crippen molar-refractivity contribution in [1.29, 1.82) is 0 Å². The molecule has 6 heteroatoms. The minimum absolute atomic E-state index is 0.166. The van der Waals surface area contributed by atoms with Crippen molar-refractivity contribution in [2.45, 2.75) is 25.4 Å². The Hall–Kier alpha value is -4.45. The highest BCUT2D eigenvalue weighted by Crippen LogP contribution is 2.42. The Kier molecular flexibility index (Phi) is 6.50. The SMILES string of the molecule is CC1CC(N(C(=O)c2ccc(F)cc2)c2ccccc2)c2ccccc2N1C(=O)C=Cc1ccco1. The summed E-state index contributed by atoms with van der Waals surface area (Å²) in [6.07, 6.45) is 5.24. The van der Waals surface area contributed by atoms with E-state index in [9.17, 15) is 14.0 Å². The predicted molar refractivity (Wildman–Crippen MR) is 138 cm³/mol. The van der Waals surface area contributed by atoms with Crippen LogP contribution in [0.15, 0.2) is 108 Å². The van der Waals surface area contributed by atoms with Gasteiger partial charge in [0, 0.05) is 29.1 Å². The summed E-state index contributed by atoms with van der Waals surface area (Å²) in [7, 11) is 0. The Morgan fingerprint density at radius 1 is 0.944 bits per heavy atom. The molecule has 0 saturated heterocycles. The molecule has 2 amide bonds. The lowest BCUT2D eigenvalue weighted by atomic mass is 9.89. The van der Waals surface area contributed by atoms with Crippen molar-refractivity contribution in [3.05, 3.63) is 126 Å². The number of hydrogen-bond acceptors (Lipinski definition) is 3. The summed E-state index contributed by atoms with van der Waals surface area (Å²) in [6.45, 7) is 1.98. The first-order valence-corrected chi connectivity index (χ1v) is 11.8. The van der Waals surface area contributed by atoms with E-state index in [1.807, 2.05) is 61.5 Å². The summed E-state index contributed by atoms with van der Waals surface area (Å²) >= 11 is 0. The molecule has 0 saturated carbocycles. The molecule has 4 aromatic rings. The van der Waals surface area contributed by atoms with Crippen LogP contribution >= 0.6 is 0 Å². The van der Waals surface area contributed by atoms with Gasteiger partial charge in [0.25, 0.3) is 11.8 Å². The van der Waals surface area contributed by atoms with Gasteiger partial charge in [0.15, 0.2) is 0 Å². The van der Waals surface area contributed by atoms with Crippen LogP contribution in [0.4, 0.5) is 15.8 Å². The molecule has 3 aromatic carbocycles. The zero-order chi connectivity index (χ0) is 25.1. The number of benzene rings is 3. The third-order valence-corrected chi connectivity index (χ3v) is 6.39. The number of anilines is 2. The van der Waals surface area contributed by atoms with Gasteiger partial charge >= 0.3 is 0 Å². The lowest BCUT2D eigenvalue weighted by Crippen LogP contribution is -2.47. The van der Waals surface area contributed by atoms with Crippen molar-refractivity contribution in [3.63, 3.8) is 0 Å². The zero-order valence-corrected chi connectivity index (χ0v) is 19.8. The number of amides is 2.